The summed E-state index contributed by atoms with van der Waals surface area (Å²) in [5.74, 6) is 0.923. The summed E-state index contributed by atoms with van der Waals surface area (Å²) in [5.41, 5.74) is 1.15. The van der Waals surface area contributed by atoms with E-state index >= 15 is 0 Å². The summed E-state index contributed by atoms with van der Waals surface area (Å²) in [7, 11) is 1.70. The lowest BCUT2D eigenvalue weighted by Gasteiger charge is -2.14. The lowest BCUT2D eigenvalue weighted by molar-refractivity contribution is 0.184. The molecule has 0 heterocycles. The molecule has 18 heavy (non-hydrogen) atoms. The van der Waals surface area contributed by atoms with Gasteiger partial charge in [-0.05, 0) is 44.0 Å². The van der Waals surface area contributed by atoms with Gasteiger partial charge >= 0.3 is 0 Å². The van der Waals surface area contributed by atoms with Crippen LogP contribution in [0, 0.1) is 0 Å². The molecular formula is C15H25NO2. The summed E-state index contributed by atoms with van der Waals surface area (Å²) in [4.78, 5) is 0. The topological polar surface area (TPSA) is 30.5 Å². The molecule has 0 amide bonds. The molecule has 0 spiro atoms. The monoisotopic (exact) mass is 251 g/mol. The summed E-state index contributed by atoms with van der Waals surface area (Å²) >= 11 is 0. The van der Waals surface area contributed by atoms with Crippen molar-refractivity contribution in [1.29, 1.82) is 0 Å². The minimum atomic E-state index is 0.507. The van der Waals surface area contributed by atoms with E-state index in [9.17, 15) is 0 Å². The van der Waals surface area contributed by atoms with E-state index in [4.69, 9.17) is 9.47 Å². The van der Waals surface area contributed by atoms with E-state index in [1.165, 1.54) is 6.42 Å². The van der Waals surface area contributed by atoms with Crippen molar-refractivity contribution in [3.63, 3.8) is 0 Å². The first-order chi connectivity index (χ1) is 8.76. The summed E-state index contributed by atoms with van der Waals surface area (Å²) in [6.45, 7) is 6.82. The molecule has 0 bridgehead atoms. The van der Waals surface area contributed by atoms with Crippen LogP contribution in [-0.4, -0.2) is 26.3 Å². The maximum atomic E-state index is 5.75. The molecule has 1 aromatic rings. The number of hydrogen-bond acceptors (Lipinski definition) is 3. The van der Waals surface area contributed by atoms with E-state index in [2.05, 4.69) is 19.2 Å². The SMILES string of the molecule is CCCNC(C)CCOc1cccc(COC)c1. The summed E-state index contributed by atoms with van der Waals surface area (Å²) in [5, 5.41) is 3.45. The van der Waals surface area contributed by atoms with Crippen LogP contribution < -0.4 is 10.1 Å². The standard InChI is InChI=1S/C15H25NO2/c1-4-9-16-13(2)8-10-18-15-7-5-6-14(11-15)12-17-3/h5-7,11,13,16H,4,8-10,12H2,1-3H3. The first-order valence-electron chi connectivity index (χ1n) is 6.70. The first kappa shape index (κ1) is 15.0. The number of methoxy groups -OCH3 is 1. The third-order valence-corrected chi connectivity index (χ3v) is 2.77. The van der Waals surface area contributed by atoms with Crippen LogP contribution in [0.1, 0.15) is 32.3 Å². The van der Waals surface area contributed by atoms with Gasteiger partial charge in [-0.15, -0.1) is 0 Å². The van der Waals surface area contributed by atoms with E-state index < -0.39 is 0 Å². The average Bonchev–Trinajstić information content (AvgIpc) is 2.37. The quantitative estimate of drug-likeness (QED) is 0.732. The van der Waals surface area contributed by atoms with Crippen LogP contribution in [0.4, 0.5) is 0 Å². The predicted molar refractivity (Wildman–Crippen MR) is 75.0 cm³/mol. The molecular weight excluding hydrogens is 226 g/mol. The van der Waals surface area contributed by atoms with Crippen molar-refractivity contribution < 1.29 is 9.47 Å². The molecule has 0 saturated heterocycles. The van der Waals surface area contributed by atoms with Gasteiger partial charge in [-0.25, -0.2) is 0 Å². The highest BCUT2D eigenvalue weighted by Gasteiger charge is 2.01. The molecule has 102 valence electrons. The van der Waals surface area contributed by atoms with Gasteiger partial charge in [-0.3, -0.25) is 0 Å². The second kappa shape index (κ2) is 8.95. The zero-order valence-electron chi connectivity index (χ0n) is 11.7. The van der Waals surface area contributed by atoms with Gasteiger partial charge in [0.2, 0.25) is 0 Å². The van der Waals surface area contributed by atoms with Crippen molar-refractivity contribution in [3.8, 4) is 5.75 Å². The maximum absolute atomic E-state index is 5.75. The molecule has 1 atom stereocenters. The Morgan fingerprint density at radius 1 is 1.33 bits per heavy atom. The zero-order chi connectivity index (χ0) is 13.2. The fourth-order valence-corrected chi connectivity index (χ4v) is 1.74. The van der Waals surface area contributed by atoms with Gasteiger partial charge in [0.1, 0.15) is 5.75 Å². The van der Waals surface area contributed by atoms with Crippen LogP contribution in [0.3, 0.4) is 0 Å². The third kappa shape index (κ3) is 6.03. The molecule has 1 aromatic carbocycles. The zero-order valence-corrected chi connectivity index (χ0v) is 11.7. The fourth-order valence-electron chi connectivity index (χ4n) is 1.74. The molecule has 1 unspecified atom stereocenters. The Bertz CT molecular complexity index is 328. The first-order valence-corrected chi connectivity index (χ1v) is 6.70. The third-order valence-electron chi connectivity index (χ3n) is 2.77. The summed E-state index contributed by atoms with van der Waals surface area (Å²) in [6, 6.07) is 8.58. The molecule has 0 aliphatic heterocycles. The van der Waals surface area contributed by atoms with Gasteiger partial charge in [-0.2, -0.15) is 0 Å². The molecule has 0 aliphatic rings. The van der Waals surface area contributed by atoms with Gasteiger partial charge in [0.15, 0.2) is 0 Å². The molecule has 1 N–H and O–H groups in total. The van der Waals surface area contributed by atoms with E-state index in [0.717, 1.165) is 30.9 Å². The van der Waals surface area contributed by atoms with Gasteiger partial charge < -0.3 is 14.8 Å². The Morgan fingerprint density at radius 3 is 2.89 bits per heavy atom. The normalized spacial score (nSPS) is 12.4. The van der Waals surface area contributed by atoms with Crippen LogP contribution in [0.25, 0.3) is 0 Å². The van der Waals surface area contributed by atoms with Crippen LogP contribution in [0.5, 0.6) is 5.75 Å². The molecule has 0 aromatic heterocycles. The number of ether oxygens (including phenoxy) is 2. The van der Waals surface area contributed by atoms with Crippen molar-refractivity contribution in [2.45, 2.75) is 39.3 Å². The summed E-state index contributed by atoms with van der Waals surface area (Å²) in [6.07, 6.45) is 2.19. The van der Waals surface area contributed by atoms with Gasteiger partial charge in [0.05, 0.1) is 13.2 Å². The Balaban J connectivity index is 2.28. The van der Waals surface area contributed by atoms with Crippen molar-refractivity contribution in [2.24, 2.45) is 0 Å². The predicted octanol–water partition coefficient (Wildman–Crippen LogP) is 2.99. The highest BCUT2D eigenvalue weighted by atomic mass is 16.5. The number of rotatable bonds is 9. The Hall–Kier alpha value is -1.06. The highest BCUT2D eigenvalue weighted by Crippen LogP contribution is 2.14. The average molecular weight is 251 g/mol. The minimum Gasteiger partial charge on any atom is -0.494 e. The highest BCUT2D eigenvalue weighted by molar-refractivity contribution is 5.28. The molecule has 1 rings (SSSR count). The second-order valence-corrected chi connectivity index (χ2v) is 4.57. The lowest BCUT2D eigenvalue weighted by atomic mass is 10.2. The van der Waals surface area contributed by atoms with Crippen molar-refractivity contribution >= 4 is 0 Å². The Kier molecular flexibility index (Phi) is 7.46. The van der Waals surface area contributed by atoms with Gasteiger partial charge in [-0.1, -0.05) is 19.1 Å². The smallest absolute Gasteiger partial charge is 0.119 e. The number of nitrogens with one attached hydrogen (secondary N) is 1. The van der Waals surface area contributed by atoms with Crippen molar-refractivity contribution in [3.05, 3.63) is 29.8 Å². The van der Waals surface area contributed by atoms with Crippen LogP contribution >= 0.6 is 0 Å². The molecule has 0 radical (unpaired) electrons. The van der Waals surface area contributed by atoms with Crippen molar-refractivity contribution in [2.75, 3.05) is 20.3 Å². The molecule has 0 saturated carbocycles. The fraction of sp³-hybridized carbons (Fsp3) is 0.600. The largest absolute Gasteiger partial charge is 0.494 e. The van der Waals surface area contributed by atoms with E-state index in [-0.39, 0.29) is 0 Å². The molecule has 0 aliphatic carbocycles. The number of benzene rings is 1. The molecule has 3 nitrogen and oxygen atoms in total. The minimum absolute atomic E-state index is 0.507. The molecule has 0 fully saturated rings. The maximum Gasteiger partial charge on any atom is 0.119 e. The Morgan fingerprint density at radius 2 is 2.17 bits per heavy atom. The van der Waals surface area contributed by atoms with Crippen molar-refractivity contribution in [1.82, 2.24) is 5.32 Å². The van der Waals surface area contributed by atoms with Crippen LogP contribution in [0.15, 0.2) is 24.3 Å². The second-order valence-electron chi connectivity index (χ2n) is 4.57. The molecule has 3 heteroatoms. The lowest BCUT2D eigenvalue weighted by Crippen LogP contribution is -2.28. The van der Waals surface area contributed by atoms with Gasteiger partial charge in [0.25, 0.3) is 0 Å². The van der Waals surface area contributed by atoms with E-state index in [1.807, 2.05) is 24.3 Å². The van der Waals surface area contributed by atoms with Crippen LogP contribution in [0.2, 0.25) is 0 Å². The van der Waals surface area contributed by atoms with E-state index in [1.54, 1.807) is 7.11 Å². The van der Waals surface area contributed by atoms with Crippen LogP contribution in [-0.2, 0) is 11.3 Å². The Labute approximate surface area is 110 Å². The summed E-state index contributed by atoms with van der Waals surface area (Å²) < 4.78 is 10.9. The van der Waals surface area contributed by atoms with Gasteiger partial charge in [0, 0.05) is 13.2 Å². The number of hydrogen-bond donors (Lipinski definition) is 1. The van der Waals surface area contributed by atoms with E-state index in [0.29, 0.717) is 12.6 Å².